The van der Waals surface area contributed by atoms with Crippen LogP contribution in [0.3, 0.4) is 0 Å². The van der Waals surface area contributed by atoms with E-state index in [2.05, 4.69) is 12.2 Å². The molecule has 1 aromatic carbocycles. The summed E-state index contributed by atoms with van der Waals surface area (Å²) in [5.41, 5.74) is 0.446. The maximum absolute atomic E-state index is 14.9. The molecule has 0 radical (unpaired) electrons. The Kier molecular flexibility index (Phi) is 4.76. The van der Waals surface area contributed by atoms with Crippen molar-refractivity contribution in [3.05, 3.63) is 45.5 Å². The zero-order chi connectivity index (χ0) is 19.1. The van der Waals surface area contributed by atoms with Crippen molar-refractivity contribution in [3.63, 3.8) is 0 Å². The fourth-order valence-electron chi connectivity index (χ4n) is 4.40. The topological polar surface area (TPSA) is 71.3 Å². The third-order valence-electron chi connectivity index (χ3n) is 5.99. The molecule has 2 fully saturated rings. The molecule has 5 nitrogen and oxygen atoms in total. The van der Waals surface area contributed by atoms with Gasteiger partial charge in [0.2, 0.25) is 5.43 Å². The number of rotatable bonds is 6. The number of hydrogen-bond donors (Lipinski definition) is 2. The Labute approximate surface area is 157 Å². The molecule has 1 heterocycles. The van der Waals surface area contributed by atoms with Crippen LogP contribution in [0, 0.1) is 11.7 Å². The number of carboxylic acid groups (broad SMARTS) is 1. The van der Waals surface area contributed by atoms with Gasteiger partial charge in [0.25, 0.3) is 0 Å². The van der Waals surface area contributed by atoms with Crippen LogP contribution in [0.15, 0.2) is 23.1 Å². The fourth-order valence-corrected chi connectivity index (χ4v) is 4.40. The van der Waals surface area contributed by atoms with Gasteiger partial charge in [0.15, 0.2) is 0 Å². The van der Waals surface area contributed by atoms with E-state index in [9.17, 15) is 19.1 Å². The van der Waals surface area contributed by atoms with Gasteiger partial charge >= 0.3 is 5.97 Å². The Morgan fingerprint density at radius 1 is 1.30 bits per heavy atom. The third kappa shape index (κ3) is 3.38. The number of aromatic carboxylic acids is 1. The first-order valence-electron chi connectivity index (χ1n) is 9.81. The first kappa shape index (κ1) is 18.2. The van der Waals surface area contributed by atoms with Crippen LogP contribution in [0.25, 0.3) is 10.9 Å². The van der Waals surface area contributed by atoms with Crippen molar-refractivity contribution in [1.29, 1.82) is 0 Å². The third-order valence-corrected chi connectivity index (χ3v) is 5.99. The van der Waals surface area contributed by atoms with E-state index in [0.29, 0.717) is 17.0 Å². The van der Waals surface area contributed by atoms with E-state index in [1.54, 1.807) is 6.07 Å². The number of benzene rings is 1. The smallest absolute Gasteiger partial charge is 0.341 e. The Hall–Kier alpha value is -2.21. The highest BCUT2D eigenvalue weighted by Crippen LogP contribution is 2.41. The summed E-state index contributed by atoms with van der Waals surface area (Å²) in [7, 11) is 0. The van der Waals surface area contributed by atoms with Crippen molar-refractivity contribution >= 4 is 16.9 Å². The van der Waals surface area contributed by atoms with E-state index in [1.807, 2.05) is 4.57 Å². The van der Waals surface area contributed by atoms with Gasteiger partial charge in [-0.1, -0.05) is 6.92 Å². The first-order valence-corrected chi connectivity index (χ1v) is 9.81. The van der Waals surface area contributed by atoms with Crippen LogP contribution >= 0.6 is 0 Å². The van der Waals surface area contributed by atoms with Gasteiger partial charge in [-0.2, -0.15) is 0 Å². The molecule has 27 heavy (non-hydrogen) atoms. The minimum Gasteiger partial charge on any atom is -0.477 e. The maximum atomic E-state index is 14.9. The molecule has 2 aromatic rings. The van der Waals surface area contributed by atoms with Gasteiger partial charge in [0.05, 0.1) is 5.52 Å². The summed E-state index contributed by atoms with van der Waals surface area (Å²) < 4.78 is 16.8. The van der Waals surface area contributed by atoms with Crippen molar-refractivity contribution in [2.45, 2.75) is 51.0 Å². The number of aromatic nitrogens is 1. The lowest BCUT2D eigenvalue weighted by Crippen LogP contribution is -2.21. The van der Waals surface area contributed by atoms with E-state index >= 15 is 0 Å². The summed E-state index contributed by atoms with van der Waals surface area (Å²) in [6.45, 7) is 3.97. The minimum atomic E-state index is -1.26. The van der Waals surface area contributed by atoms with E-state index in [-0.39, 0.29) is 22.9 Å². The fraction of sp³-hybridized carbons (Fsp3) is 0.524. The van der Waals surface area contributed by atoms with Crippen molar-refractivity contribution in [2.75, 3.05) is 13.1 Å². The molecule has 2 N–H and O–H groups in total. The summed E-state index contributed by atoms with van der Waals surface area (Å²) in [5.74, 6) is -0.952. The molecule has 0 bridgehead atoms. The molecule has 2 aliphatic carbocycles. The highest BCUT2D eigenvalue weighted by atomic mass is 19.1. The predicted octanol–water partition coefficient (Wildman–Crippen LogP) is 3.67. The Balaban J connectivity index is 1.77. The molecule has 0 aliphatic heterocycles. The van der Waals surface area contributed by atoms with Crippen molar-refractivity contribution in [1.82, 2.24) is 9.88 Å². The Morgan fingerprint density at radius 2 is 2.07 bits per heavy atom. The number of pyridine rings is 1. The average Bonchev–Trinajstić information content (AvgIpc) is 3.38. The van der Waals surface area contributed by atoms with Crippen molar-refractivity contribution < 1.29 is 14.3 Å². The van der Waals surface area contributed by atoms with E-state index < -0.39 is 17.2 Å². The first-order chi connectivity index (χ1) is 13.0. The van der Waals surface area contributed by atoms with Crippen LogP contribution < -0.4 is 10.7 Å². The van der Waals surface area contributed by atoms with Gasteiger partial charge in [-0.3, -0.25) is 4.79 Å². The van der Waals surface area contributed by atoms with Gasteiger partial charge in [0, 0.05) is 17.6 Å². The molecule has 1 aromatic heterocycles. The molecule has 6 heteroatoms. The molecular weight excluding hydrogens is 347 g/mol. The van der Waals surface area contributed by atoms with Crippen LogP contribution in [-0.4, -0.2) is 28.7 Å². The Bertz CT molecular complexity index is 949. The quantitative estimate of drug-likeness (QED) is 0.812. The molecular formula is C21H25FN2O3. The molecule has 2 atom stereocenters. The number of nitrogens with zero attached hydrogens (tertiary/aromatic N) is 1. The summed E-state index contributed by atoms with van der Waals surface area (Å²) in [5, 5.41) is 12.9. The van der Waals surface area contributed by atoms with Crippen LogP contribution in [0.1, 0.15) is 66.9 Å². The highest BCUT2D eigenvalue weighted by molar-refractivity contribution is 5.92. The molecule has 2 unspecified atom stereocenters. The summed E-state index contributed by atoms with van der Waals surface area (Å²) in [6.07, 6.45) is 6.31. The second-order valence-electron chi connectivity index (χ2n) is 7.89. The van der Waals surface area contributed by atoms with Gasteiger partial charge in [-0.05, 0) is 74.7 Å². The van der Waals surface area contributed by atoms with Crippen LogP contribution in [0.2, 0.25) is 0 Å². The second kappa shape index (κ2) is 7.08. The molecule has 0 saturated heterocycles. The van der Waals surface area contributed by atoms with Crippen LogP contribution in [0.4, 0.5) is 4.39 Å². The average molecular weight is 372 g/mol. The SMILES string of the molecule is CCNCC1CCC(c2cc3c(cc2F)c(=O)c(C(=O)O)cn3C2CC2)C1. The number of fused-ring (bicyclic) bond motifs is 1. The molecule has 2 aliphatic rings. The maximum Gasteiger partial charge on any atom is 0.341 e. The molecule has 2 saturated carbocycles. The van der Waals surface area contributed by atoms with E-state index in [4.69, 9.17) is 0 Å². The van der Waals surface area contributed by atoms with Gasteiger partial charge < -0.3 is 15.0 Å². The molecule has 0 spiro atoms. The highest BCUT2D eigenvalue weighted by Gasteiger charge is 2.30. The number of hydrogen-bond acceptors (Lipinski definition) is 3. The number of halogens is 1. The molecule has 4 rings (SSSR count). The van der Waals surface area contributed by atoms with Crippen molar-refractivity contribution in [3.8, 4) is 0 Å². The van der Waals surface area contributed by atoms with Crippen LogP contribution in [0.5, 0.6) is 0 Å². The van der Waals surface area contributed by atoms with Crippen molar-refractivity contribution in [2.24, 2.45) is 5.92 Å². The van der Waals surface area contributed by atoms with Gasteiger partial charge in [-0.25, -0.2) is 9.18 Å². The second-order valence-corrected chi connectivity index (χ2v) is 7.89. The number of carboxylic acids is 1. The number of carbonyl (C=O) groups is 1. The largest absolute Gasteiger partial charge is 0.477 e. The summed E-state index contributed by atoms with van der Waals surface area (Å²) in [6, 6.07) is 3.27. The zero-order valence-corrected chi connectivity index (χ0v) is 15.5. The zero-order valence-electron chi connectivity index (χ0n) is 15.5. The lowest BCUT2D eigenvalue weighted by atomic mass is 9.94. The standard InChI is InChI=1S/C21H25FN2O3/c1-2-23-10-12-3-4-13(7-12)15-9-19-16(8-18(15)22)20(25)17(21(26)27)11-24(19)14-5-6-14/h8-9,11-14,23H,2-7,10H2,1H3,(H,26,27). The van der Waals surface area contributed by atoms with Gasteiger partial charge in [0.1, 0.15) is 11.4 Å². The van der Waals surface area contributed by atoms with Gasteiger partial charge in [-0.15, -0.1) is 0 Å². The lowest BCUT2D eigenvalue weighted by molar-refractivity contribution is 0.0695. The number of nitrogens with one attached hydrogen (secondary N) is 1. The van der Waals surface area contributed by atoms with E-state index in [1.165, 1.54) is 12.3 Å². The molecule has 0 amide bonds. The summed E-state index contributed by atoms with van der Waals surface area (Å²) in [4.78, 5) is 24.0. The predicted molar refractivity (Wildman–Crippen MR) is 102 cm³/mol. The monoisotopic (exact) mass is 372 g/mol. The summed E-state index contributed by atoms with van der Waals surface area (Å²) >= 11 is 0. The minimum absolute atomic E-state index is 0.153. The normalized spacial score (nSPS) is 22.4. The lowest BCUT2D eigenvalue weighted by Gasteiger charge is -2.17. The Morgan fingerprint density at radius 3 is 2.74 bits per heavy atom. The molecule has 144 valence electrons. The van der Waals surface area contributed by atoms with Crippen LogP contribution in [-0.2, 0) is 0 Å². The van der Waals surface area contributed by atoms with E-state index in [0.717, 1.165) is 45.2 Å².